The molecule has 21 heavy (non-hydrogen) atoms. The van der Waals surface area contributed by atoms with E-state index in [4.69, 9.17) is 9.47 Å². The molecule has 1 saturated heterocycles. The minimum Gasteiger partial charge on any atom is -0.376 e. The molecule has 1 atom stereocenters. The highest BCUT2D eigenvalue weighted by Crippen LogP contribution is 2.20. The van der Waals surface area contributed by atoms with E-state index < -0.39 is 0 Å². The fraction of sp³-hybridized carbons (Fsp3) is 0.769. The molecule has 1 fully saturated rings. The Morgan fingerprint density at radius 2 is 2.43 bits per heavy atom. The molecule has 1 aliphatic rings. The number of thioether (sulfide) groups is 1. The number of carbonyl (C=O) groups excluding carboxylic acids is 1. The van der Waals surface area contributed by atoms with Crippen LogP contribution in [-0.2, 0) is 14.3 Å². The normalized spacial score (nSPS) is 18.6. The van der Waals surface area contributed by atoms with Crippen molar-refractivity contribution in [1.82, 2.24) is 15.5 Å². The maximum atomic E-state index is 11.6. The Morgan fingerprint density at radius 3 is 3.14 bits per heavy atom. The predicted octanol–water partition coefficient (Wildman–Crippen LogP) is 1.64. The van der Waals surface area contributed by atoms with Crippen LogP contribution >= 0.6 is 23.1 Å². The standard InChI is InChI=1S/C13H21N3O3S2/c1-10-15-16-13(21-10)20-7-5-14-12(17)9-18-8-11-4-2-3-6-19-11/h11H,2-9H2,1H3,(H,14,17)/t11-/m1/s1. The van der Waals surface area contributed by atoms with Gasteiger partial charge in [0, 0.05) is 18.9 Å². The van der Waals surface area contributed by atoms with Crippen LogP contribution in [0.4, 0.5) is 0 Å². The van der Waals surface area contributed by atoms with Gasteiger partial charge in [0.25, 0.3) is 0 Å². The van der Waals surface area contributed by atoms with Gasteiger partial charge in [-0.1, -0.05) is 23.1 Å². The van der Waals surface area contributed by atoms with E-state index in [1.165, 1.54) is 6.42 Å². The molecule has 2 heterocycles. The Labute approximate surface area is 133 Å². The zero-order valence-corrected chi connectivity index (χ0v) is 13.8. The van der Waals surface area contributed by atoms with Crippen molar-refractivity contribution in [2.75, 3.05) is 32.1 Å². The number of carbonyl (C=O) groups is 1. The lowest BCUT2D eigenvalue weighted by Crippen LogP contribution is -2.32. The zero-order valence-electron chi connectivity index (χ0n) is 12.2. The second-order valence-electron chi connectivity index (χ2n) is 4.79. The SMILES string of the molecule is Cc1nnc(SCCNC(=O)COC[C@H]2CCCCO2)s1. The van der Waals surface area contributed by atoms with E-state index in [9.17, 15) is 4.79 Å². The van der Waals surface area contributed by atoms with Crippen LogP contribution < -0.4 is 5.32 Å². The van der Waals surface area contributed by atoms with Gasteiger partial charge in [-0.25, -0.2) is 0 Å². The molecule has 8 heteroatoms. The third kappa shape index (κ3) is 6.73. The summed E-state index contributed by atoms with van der Waals surface area (Å²) in [5, 5.41) is 11.7. The Balaban J connectivity index is 1.47. The summed E-state index contributed by atoms with van der Waals surface area (Å²) in [6, 6.07) is 0. The highest BCUT2D eigenvalue weighted by atomic mass is 32.2. The summed E-state index contributed by atoms with van der Waals surface area (Å²) in [6.45, 7) is 3.94. The van der Waals surface area contributed by atoms with Crippen molar-refractivity contribution < 1.29 is 14.3 Å². The number of hydrogen-bond donors (Lipinski definition) is 1. The fourth-order valence-electron chi connectivity index (χ4n) is 1.94. The molecule has 0 aromatic carbocycles. The van der Waals surface area contributed by atoms with Crippen LogP contribution in [-0.4, -0.2) is 54.3 Å². The van der Waals surface area contributed by atoms with Crippen molar-refractivity contribution in [3.05, 3.63) is 5.01 Å². The van der Waals surface area contributed by atoms with E-state index in [0.717, 1.165) is 34.5 Å². The average molecular weight is 331 g/mol. The lowest BCUT2D eigenvalue weighted by atomic mass is 10.1. The number of aryl methyl sites for hydroxylation is 1. The van der Waals surface area contributed by atoms with Gasteiger partial charge in [-0.3, -0.25) is 4.79 Å². The number of amides is 1. The van der Waals surface area contributed by atoms with Gasteiger partial charge in [-0.2, -0.15) is 0 Å². The van der Waals surface area contributed by atoms with Gasteiger partial charge in [0.15, 0.2) is 4.34 Å². The number of nitrogens with zero attached hydrogens (tertiary/aromatic N) is 2. The molecule has 2 rings (SSSR count). The number of ether oxygens (including phenoxy) is 2. The van der Waals surface area contributed by atoms with E-state index in [-0.39, 0.29) is 18.6 Å². The van der Waals surface area contributed by atoms with Crippen LogP contribution in [0.15, 0.2) is 4.34 Å². The predicted molar refractivity (Wildman–Crippen MR) is 82.8 cm³/mol. The highest BCUT2D eigenvalue weighted by molar-refractivity contribution is 8.01. The molecule has 1 amide bonds. The monoisotopic (exact) mass is 331 g/mol. The smallest absolute Gasteiger partial charge is 0.246 e. The largest absolute Gasteiger partial charge is 0.376 e. The summed E-state index contributed by atoms with van der Waals surface area (Å²) in [7, 11) is 0. The summed E-state index contributed by atoms with van der Waals surface area (Å²) in [5.74, 6) is 0.700. The molecule has 1 aromatic rings. The zero-order chi connectivity index (χ0) is 14.9. The Bertz CT molecular complexity index is 436. The van der Waals surface area contributed by atoms with E-state index in [1.807, 2.05) is 6.92 Å². The molecular weight excluding hydrogens is 310 g/mol. The van der Waals surface area contributed by atoms with E-state index in [2.05, 4.69) is 15.5 Å². The Kier molecular flexibility index (Phi) is 7.42. The summed E-state index contributed by atoms with van der Waals surface area (Å²) in [4.78, 5) is 11.6. The molecule has 1 N–H and O–H groups in total. The Hall–Kier alpha value is -0.700. The summed E-state index contributed by atoms with van der Waals surface area (Å²) in [6.07, 6.45) is 3.49. The molecule has 0 bridgehead atoms. The quantitative estimate of drug-likeness (QED) is 0.577. The topological polar surface area (TPSA) is 73.3 Å². The maximum absolute atomic E-state index is 11.6. The van der Waals surface area contributed by atoms with E-state index in [0.29, 0.717) is 13.2 Å². The molecule has 0 unspecified atom stereocenters. The number of rotatable bonds is 8. The first-order valence-corrected chi connectivity index (χ1v) is 8.93. The third-order valence-electron chi connectivity index (χ3n) is 2.97. The van der Waals surface area contributed by atoms with Gasteiger partial charge in [0.1, 0.15) is 11.6 Å². The lowest BCUT2D eigenvalue weighted by molar-refractivity contribution is -0.127. The third-order valence-corrected chi connectivity index (χ3v) is 4.94. The first kappa shape index (κ1) is 16.7. The van der Waals surface area contributed by atoms with Crippen LogP contribution in [0.3, 0.4) is 0 Å². The average Bonchev–Trinajstić information content (AvgIpc) is 2.90. The molecule has 1 aliphatic heterocycles. The van der Waals surface area contributed by atoms with Crippen molar-refractivity contribution in [3.8, 4) is 0 Å². The van der Waals surface area contributed by atoms with Gasteiger partial charge >= 0.3 is 0 Å². The van der Waals surface area contributed by atoms with Crippen molar-refractivity contribution in [2.45, 2.75) is 36.6 Å². The minimum absolute atomic E-state index is 0.0835. The fourth-order valence-corrected chi connectivity index (χ4v) is 3.68. The van der Waals surface area contributed by atoms with E-state index in [1.54, 1.807) is 23.1 Å². The first-order chi connectivity index (χ1) is 10.2. The second kappa shape index (κ2) is 9.34. The summed E-state index contributed by atoms with van der Waals surface area (Å²) < 4.78 is 11.9. The van der Waals surface area contributed by atoms with Crippen molar-refractivity contribution in [1.29, 1.82) is 0 Å². The molecule has 0 aliphatic carbocycles. The van der Waals surface area contributed by atoms with Crippen LogP contribution in [0.5, 0.6) is 0 Å². The number of aromatic nitrogens is 2. The van der Waals surface area contributed by atoms with Crippen LogP contribution in [0.2, 0.25) is 0 Å². The number of hydrogen-bond acceptors (Lipinski definition) is 7. The van der Waals surface area contributed by atoms with Gasteiger partial charge in [-0.15, -0.1) is 10.2 Å². The molecule has 118 valence electrons. The van der Waals surface area contributed by atoms with Crippen LogP contribution in [0.25, 0.3) is 0 Å². The van der Waals surface area contributed by atoms with Crippen molar-refractivity contribution >= 4 is 29.0 Å². The minimum atomic E-state index is -0.0835. The van der Waals surface area contributed by atoms with Crippen molar-refractivity contribution in [2.24, 2.45) is 0 Å². The molecule has 0 spiro atoms. The van der Waals surface area contributed by atoms with E-state index >= 15 is 0 Å². The first-order valence-electron chi connectivity index (χ1n) is 7.13. The Morgan fingerprint density at radius 1 is 1.52 bits per heavy atom. The second-order valence-corrected chi connectivity index (χ2v) is 7.31. The summed E-state index contributed by atoms with van der Waals surface area (Å²) >= 11 is 3.16. The molecular formula is C13H21N3O3S2. The summed E-state index contributed by atoms with van der Waals surface area (Å²) in [5.41, 5.74) is 0. The molecule has 0 saturated carbocycles. The van der Waals surface area contributed by atoms with Gasteiger partial charge < -0.3 is 14.8 Å². The van der Waals surface area contributed by atoms with Crippen LogP contribution in [0, 0.1) is 6.92 Å². The van der Waals surface area contributed by atoms with Crippen LogP contribution in [0.1, 0.15) is 24.3 Å². The van der Waals surface area contributed by atoms with Gasteiger partial charge in [0.05, 0.1) is 12.7 Å². The highest BCUT2D eigenvalue weighted by Gasteiger charge is 2.14. The van der Waals surface area contributed by atoms with Crippen molar-refractivity contribution in [3.63, 3.8) is 0 Å². The molecule has 0 radical (unpaired) electrons. The van der Waals surface area contributed by atoms with Gasteiger partial charge in [0.2, 0.25) is 5.91 Å². The lowest BCUT2D eigenvalue weighted by Gasteiger charge is -2.22. The number of nitrogens with one attached hydrogen (secondary N) is 1. The molecule has 6 nitrogen and oxygen atoms in total. The maximum Gasteiger partial charge on any atom is 0.246 e. The van der Waals surface area contributed by atoms with Gasteiger partial charge in [-0.05, 0) is 26.2 Å². The molecule has 1 aromatic heterocycles.